The molecule has 1 amide bonds. The maximum absolute atomic E-state index is 12.9. The van der Waals surface area contributed by atoms with Crippen LogP contribution >= 0.6 is 0 Å². The Morgan fingerprint density at radius 1 is 1.11 bits per heavy atom. The van der Waals surface area contributed by atoms with Crippen molar-refractivity contribution in [2.45, 2.75) is 111 Å². The van der Waals surface area contributed by atoms with Crippen molar-refractivity contribution in [3.63, 3.8) is 0 Å². The molecule has 10 atom stereocenters. The zero-order valence-electron chi connectivity index (χ0n) is 24.8. The van der Waals surface area contributed by atoms with Crippen LogP contribution in [0.3, 0.4) is 0 Å². The number of amides is 1. The lowest BCUT2D eigenvalue weighted by atomic mass is 9.51. The summed E-state index contributed by atoms with van der Waals surface area (Å²) in [6.07, 6.45) is 12.5. The van der Waals surface area contributed by atoms with E-state index in [9.17, 15) is 15.0 Å². The normalized spacial score (nSPS) is 41.9. The number of nitrogens with zero attached hydrogens (tertiary/aromatic N) is 1. The summed E-state index contributed by atoms with van der Waals surface area (Å²) in [4.78, 5) is 15.3. The van der Waals surface area contributed by atoms with Gasteiger partial charge in [0.05, 0.1) is 6.61 Å². The molecule has 10 unspecified atom stereocenters. The van der Waals surface area contributed by atoms with E-state index in [1.807, 2.05) is 13.8 Å². The third-order valence-electron chi connectivity index (χ3n) is 12.4. The van der Waals surface area contributed by atoms with Gasteiger partial charge in [0.25, 0.3) is 0 Å². The van der Waals surface area contributed by atoms with Crippen LogP contribution in [0.5, 0.6) is 0 Å². The van der Waals surface area contributed by atoms with Gasteiger partial charge in [-0.25, -0.2) is 0 Å². The van der Waals surface area contributed by atoms with E-state index in [4.69, 9.17) is 0 Å². The number of fused-ring (bicyclic) bond motifs is 4. The molecule has 37 heavy (non-hydrogen) atoms. The molecule has 4 aliphatic carbocycles. The van der Waals surface area contributed by atoms with Gasteiger partial charge in [0.2, 0.25) is 5.91 Å². The first-order valence-electron chi connectivity index (χ1n) is 15.0. The van der Waals surface area contributed by atoms with Gasteiger partial charge in [0, 0.05) is 17.5 Å². The van der Waals surface area contributed by atoms with Crippen molar-refractivity contribution in [2.75, 3.05) is 20.7 Å². The van der Waals surface area contributed by atoms with Crippen molar-refractivity contribution in [1.82, 2.24) is 10.2 Å². The number of aliphatic hydroxyl groups is 2. The second-order valence-corrected chi connectivity index (χ2v) is 14.1. The molecular weight excluding hydrogens is 460 g/mol. The molecule has 4 aliphatic rings. The molecule has 0 spiro atoms. The number of hydrogen-bond donors (Lipinski definition) is 3. The number of hydrogen-bond acceptors (Lipinski definition) is 4. The van der Waals surface area contributed by atoms with E-state index in [-0.39, 0.29) is 35.8 Å². The minimum atomic E-state index is -0.996. The third-order valence-corrected chi connectivity index (χ3v) is 12.4. The van der Waals surface area contributed by atoms with Crippen LogP contribution in [0.15, 0.2) is 23.3 Å². The van der Waals surface area contributed by atoms with Gasteiger partial charge in [0.1, 0.15) is 6.10 Å². The average Bonchev–Trinajstić information content (AvgIpc) is 3.01. The van der Waals surface area contributed by atoms with Gasteiger partial charge in [0.15, 0.2) is 0 Å². The Morgan fingerprint density at radius 3 is 2.41 bits per heavy atom. The van der Waals surface area contributed by atoms with E-state index in [2.05, 4.69) is 64.2 Å². The summed E-state index contributed by atoms with van der Waals surface area (Å²) < 4.78 is 0. The van der Waals surface area contributed by atoms with Gasteiger partial charge in [-0.2, -0.15) is 0 Å². The molecule has 5 heteroatoms. The Bertz CT molecular complexity index is 927. The van der Waals surface area contributed by atoms with E-state index in [0.717, 1.165) is 38.5 Å². The highest BCUT2D eigenvalue weighted by atomic mass is 16.3. The fourth-order valence-electron chi connectivity index (χ4n) is 8.97. The molecule has 0 aromatic rings. The summed E-state index contributed by atoms with van der Waals surface area (Å²) in [7, 11) is 4.45. The number of nitrogens with one attached hydrogen (secondary N) is 1. The zero-order chi connectivity index (χ0) is 27.3. The topological polar surface area (TPSA) is 72.8 Å². The highest BCUT2D eigenvalue weighted by molar-refractivity contribution is 5.81. The van der Waals surface area contributed by atoms with E-state index in [0.29, 0.717) is 23.3 Å². The quantitative estimate of drug-likeness (QED) is 0.430. The summed E-state index contributed by atoms with van der Waals surface area (Å²) in [5.41, 5.74) is 3.14. The first-order chi connectivity index (χ1) is 17.3. The number of carbonyl (C=O) groups excluding carboxylic acids is 1. The van der Waals surface area contributed by atoms with E-state index >= 15 is 0 Å². The number of allylic oxidation sites excluding steroid dienone is 4. The van der Waals surface area contributed by atoms with Gasteiger partial charge in [-0.1, -0.05) is 58.8 Å². The summed E-state index contributed by atoms with van der Waals surface area (Å²) in [6, 6.07) is 0.443. The van der Waals surface area contributed by atoms with Crippen LogP contribution in [-0.4, -0.2) is 59.9 Å². The van der Waals surface area contributed by atoms with Crippen molar-refractivity contribution >= 4 is 5.91 Å². The molecule has 0 bridgehead atoms. The van der Waals surface area contributed by atoms with Gasteiger partial charge in [-0.05, 0) is 106 Å². The first-order valence-corrected chi connectivity index (χ1v) is 15.0. The highest BCUT2D eigenvalue weighted by Crippen LogP contribution is 2.68. The molecule has 3 N–H and O–H groups in total. The van der Waals surface area contributed by atoms with Crippen LogP contribution in [0.1, 0.15) is 92.9 Å². The van der Waals surface area contributed by atoms with Crippen LogP contribution < -0.4 is 5.32 Å². The monoisotopic (exact) mass is 514 g/mol. The van der Waals surface area contributed by atoms with Crippen molar-refractivity contribution in [1.29, 1.82) is 0 Å². The summed E-state index contributed by atoms with van der Waals surface area (Å²) in [6.45, 7) is 13.7. The Labute approximate surface area is 226 Å². The lowest BCUT2D eigenvalue weighted by Crippen LogP contribution is -2.57. The molecular formula is C32H54N2O3. The Hall–Kier alpha value is -1.17. The van der Waals surface area contributed by atoms with Crippen molar-refractivity contribution < 1.29 is 15.0 Å². The molecule has 0 heterocycles. The number of carbonyl (C=O) groups is 1. The molecule has 4 rings (SSSR count). The smallest absolute Gasteiger partial charge is 0.249 e. The zero-order valence-corrected chi connectivity index (χ0v) is 24.8. The lowest BCUT2D eigenvalue weighted by Gasteiger charge is -2.54. The SMILES string of the molecule is CCC(C)C(O)C(=O)NC1CCC2=CC3=CCC4(C)C(C(C)N(C)C)CCC4(C)C3CCC2C1(C)CO. The standard InChI is InChI=1S/C32H54N2O3/c1-9-20(2)28(36)29(37)33-27-13-10-22-18-23-14-16-31(5)24(21(3)34(7)8)15-17-32(31,6)26(23)12-11-25(22)30(27,4)19-35/h14,18,20-21,24-28,35-36H,9-13,15-17,19H2,1-8H3,(H,33,37). The van der Waals surface area contributed by atoms with Gasteiger partial charge in [-0.15, -0.1) is 0 Å². The Balaban J connectivity index is 1.59. The first kappa shape index (κ1) is 28.8. The minimum Gasteiger partial charge on any atom is -0.396 e. The lowest BCUT2D eigenvalue weighted by molar-refractivity contribution is -0.134. The molecule has 0 aromatic carbocycles. The maximum Gasteiger partial charge on any atom is 0.249 e. The predicted octanol–water partition coefficient (Wildman–Crippen LogP) is 5.33. The van der Waals surface area contributed by atoms with E-state index in [1.165, 1.54) is 24.0 Å². The molecule has 5 nitrogen and oxygen atoms in total. The van der Waals surface area contributed by atoms with E-state index < -0.39 is 11.5 Å². The molecule has 2 saturated carbocycles. The van der Waals surface area contributed by atoms with Crippen LogP contribution in [0, 0.1) is 39.9 Å². The van der Waals surface area contributed by atoms with Gasteiger partial charge < -0.3 is 20.4 Å². The van der Waals surface area contributed by atoms with E-state index in [1.54, 1.807) is 0 Å². The number of rotatable bonds is 7. The number of aliphatic hydroxyl groups excluding tert-OH is 2. The van der Waals surface area contributed by atoms with Crippen molar-refractivity contribution in [3.8, 4) is 0 Å². The summed E-state index contributed by atoms with van der Waals surface area (Å²) in [5, 5.41) is 24.4. The highest BCUT2D eigenvalue weighted by Gasteiger charge is 2.61. The van der Waals surface area contributed by atoms with Crippen LogP contribution in [0.2, 0.25) is 0 Å². The average molecular weight is 515 g/mol. The van der Waals surface area contributed by atoms with Crippen LogP contribution in [0.25, 0.3) is 0 Å². The fourth-order valence-corrected chi connectivity index (χ4v) is 8.97. The molecule has 0 aliphatic heterocycles. The molecule has 2 fully saturated rings. The van der Waals surface area contributed by atoms with Crippen molar-refractivity contribution in [3.05, 3.63) is 23.3 Å². The van der Waals surface area contributed by atoms with Crippen LogP contribution in [-0.2, 0) is 4.79 Å². The van der Waals surface area contributed by atoms with Gasteiger partial charge >= 0.3 is 0 Å². The van der Waals surface area contributed by atoms with Gasteiger partial charge in [-0.3, -0.25) is 4.79 Å². The summed E-state index contributed by atoms with van der Waals surface area (Å²) >= 11 is 0. The van der Waals surface area contributed by atoms with Crippen molar-refractivity contribution in [2.24, 2.45) is 39.9 Å². The Kier molecular flexibility index (Phi) is 8.12. The third kappa shape index (κ3) is 4.55. The fraction of sp³-hybridized carbons (Fsp3) is 0.844. The maximum atomic E-state index is 12.9. The molecule has 210 valence electrons. The minimum absolute atomic E-state index is 0.0422. The second-order valence-electron chi connectivity index (χ2n) is 14.1. The molecule has 0 radical (unpaired) electrons. The predicted molar refractivity (Wildman–Crippen MR) is 151 cm³/mol. The largest absolute Gasteiger partial charge is 0.396 e. The summed E-state index contributed by atoms with van der Waals surface area (Å²) in [5.74, 6) is 1.13. The second kappa shape index (κ2) is 10.4. The van der Waals surface area contributed by atoms with Crippen LogP contribution in [0.4, 0.5) is 0 Å². The molecule has 0 aromatic heterocycles. The molecule has 0 saturated heterocycles. The Morgan fingerprint density at radius 2 is 1.78 bits per heavy atom.